The normalized spacial score (nSPS) is 23.7. The van der Waals surface area contributed by atoms with Gasteiger partial charge in [-0.2, -0.15) is 0 Å². The number of amides is 1. The number of hydrogen-bond acceptors (Lipinski definition) is 5. The standard InChI is InChI=1S/C20H27N3O2S/c1-12-21-17(19(25)23-9-6-14(24)11-23)15-10-16(26-18(15)22-12)13-4-7-20(2,3)8-5-13/h10,13-14,24H,4-9,11H2,1-3H3/t14-/m1/s1. The molecule has 1 aliphatic heterocycles. The molecular weight excluding hydrogens is 346 g/mol. The van der Waals surface area contributed by atoms with Crippen LogP contribution in [0.15, 0.2) is 6.07 Å². The average Bonchev–Trinajstić information content (AvgIpc) is 3.19. The molecule has 4 rings (SSSR count). The van der Waals surface area contributed by atoms with E-state index in [9.17, 15) is 9.90 Å². The fraction of sp³-hybridized carbons (Fsp3) is 0.650. The lowest BCUT2D eigenvalue weighted by Crippen LogP contribution is -2.30. The number of aromatic nitrogens is 2. The Kier molecular flexibility index (Phi) is 4.51. The molecule has 6 heteroatoms. The number of carbonyl (C=O) groups is 1. The SMILES string of the molecule is Cc1nc(C(=O)N2CC[C@@H](O)C2)c2cc(C3CCC(C)(C)CC3)sc2n1. The summed E-state index contributed by atoms with van der Waals surface area (Å²) in [6.07, 6.45) is 5.12. The molecule has 5 nitrogen and oxygen atoms in total. The number of aliphatic hydroxyl groups excluding tert-OH is 1. The van der Waals surface area contributed by atoms with E-state index in [0.29, 0.717) is 42.4 Å². The van der Waals surface area contributed by atoms with Crippen LogP contribution in [0, 0.1) is 12.3 Å². The van der Waals surface area contributed by atoms with Crippen LogP contribution < -0.4 is 0 Å². The lowest BCUT2D eigenvalue weighted by atomic mass is 9.73. The van der Waals surface area contributed by atoms with E-state index in [1.165, 1.54) is 30.6 Å². The number of thiophene rings is 1. The summed E-state index contributed by atoms with van der Waals surface area (Å²) in [5.41, 5.74) is 0.946. The molecule has 1 saturated carbocycles. The molecule has 2 aromatic heterocycles. The summed E-state index contributed by atoms with van der Waals surface area (Å²) >= 11 is 1.72. The van der Waals surface area contributed by atoms with Gasteiger partial charge >= 0.3 is 0 Å². The van der Waals surface area contributed by atoms with Gasteiger partial charge in [0.1, 0.15) is 16.3 Å². The first kappa shape index (κ1) is 17.9. The maximum absolute atomic E-state index is 13.0. The number of fused-ring (bicyclic) bond motifs is 1. The number of rotatable bonds is 2. The smallest absolute Gasteiger partial charge is 0.273 e. The molecule has 0 radical (unpaired) electrons. The zero-order valence-electron chi connectivity index (χ0n) is 15.8. The Hall–Kier alpha value is -1.53. The van der Waals surface area contributed by atoms with Crippen molar-refractivity contribution < 1.29 is 9.90 Å². The second-order valence-corrected chi connectivity index (χ2v) is 9.68. The molecule has 3 heterocycles. The fourth-order valence-corrected chi connectivity index (χ4v) is 5.42. The summed E-state index contributed by atoms with van der Waals surface area (Å²) in [5.74, 6) is 1.13. The predicted octanol–water partition coefficient (Wildman–Crippen LogP) is 3.89. The van der Waals surface area contributed by atoms with Gasteiger partial charge in [-0.05, 0) is 56.4 Å². The van der Waals surface area contributed by atoms with Gasteiger partial charge in [0.2, 0.25) is 0 Å². The third-order valence-electron chi connectivity index (χ3n) is 5.92. The van der Waals surface area contributed by atoms with E-state index in [1.807, 2.05) is 6.92 Å². The van der Waals surface area contributed by atoms with E-state index in [-0.39, 0.29) is 5.91 Å². The molecule has 140 valence electrons. The number of aliphatic hydroxyl groups is 1. The van der Waals surface area contributed by atoms with Crippen LogP contribution in [0.4, 0.5) is 0 Å². The lowest BCUT2D eigenvalue weighted by molar-refractivity contribution is 0.0761. The zero-order valence-corrected chi connectivity index (χ0v) is 16.6. The van der Waals surface area contributed by atoms with Crippen LogP contribution in [-0.2, 0) is 0 Å². The molecule has 1 N–H and O–H groups in total. The van der Waals surface area contributed by atoms with Crippen molar-refractivity contribution in [3.63, 3.8) is 0 Å². The Balaban J connectivity index is 1.66. The van der Waals surface area contributed by atoms with E-state index in [4.69, 9.17) is 0 Å². The quantitative estimate of drug-likeness (QED) is 0.867. The Morgan fingerprint density at radius 3 is 2.65 bits per heavy atom. The van der Waals surface area contributed by atoms with Gasteiger partial charge < -0.3 is 10.0 Å². The van der Waals surface area contributed by atoms with Gasteiger partial charge in [-0.25, -0.2) is 9.97 Å². The maximum atomic E-state index is 13.0. The van der Waals surface area contributed by atoms with Crippen LogP contribution in [0.25, 0.3) is 10.2 Å². The summed E-state index contributed by atoms with van der Waals surface area (Å²) in [5, 5.41) is 10.6. The van der Waals surface area contributed by atoms with Crippen LogP contribution in [0.3, 0.4) is 0 Å². The highest BCUT2D eigenvalue weighted by Crippen LogP contribution is 2.45. The summed E-state index contributed by atoms with van der Waals surface area (Å²) in [7, 11) is 0. The Morgan fingerprint density at radius 1 is 1.27 bits per heavy atom. The fourth-order valence-electron chi connectivity index (χ4n) is 4.17. The predicted molar refractivity (Wildman–Crippen MR) is 104 cm³/mol. The van der Waals surface area contributed by atoms with Gasteiger partial charge in [-0.1, -0.05) is 13.8 Å². The number of carbonyl (C=O) groups excluding carboxylic acids is 1. The number of β-amino-alcohol motifs (C(OH)–C–C–N with tert-alkyl or cyclic N) is 1. The van der Waals surface area contributed by atoms with Crippen molar-refractivity contribution in [3.05, 3.63) is 22.5 Å². The Morgan fingerprint density at radius 2 is 2.00 bits per heavy atom. The molecule has 1 amide bonds. The van der Waals surface area contributed by atoms with Crippen molar-refractivity contribution in [1.29, 1.82) is 0 Å². The molecule has 26 heavy (non-hydrogen) atoms. The van der Waals surface area contributed by atoms with E-state index in [1.54, 1.807) is 16.2 Å². The number of nitrogens with zero attached hydrogens (tertiary/aromatic N) is 3. The molecular formula is C20H27N3O2S. The number of likely N-dealkylation sites (tertiary alicyclic amines) is 1. The third-order valence-corrected chi connectivity index (χ3v) is 7.11. The van der Waals surface area contributed by atoms with Crippen molar-refractivity contribution in [2.45, 2.75) is 64.9 Å². The minimum Gasteiger partial charge on any atom is -0.391 e. The van der Waals surface area contributed by atoms with Crippen LogP contribution in [0.5, 0.6) is 0 Å². The largest absolute Gasteiger partial charge is 0.391 e. The molecule has 0 aromatic carbocycles. The second-order valence-electron chi connectivity index (χ2n) is 8.62. The highest BCUT2D eigenvalue weighted by Gasteiger charge is 2.31. The first-order valence-corrected chi connectivity index (χ1v) is 10.4. The van der Waals surface area contributed by atoms with E-state index in [0.717, 1.165) is 10.2 Å². The summed E-state index contributed by atoms with van der Waals surface area (Å²) < 4.78 is 0. The van der Waals surface area contributed by atoms with Crippen LogP contribution in [0.2, 0.25) is 0 Å². The van der Waals surface area contributed by atoms with Gasteiger partial charge in [0, 0.05) is 23.4 Å². The molecule has 1 saturated heterocycles. The van der Waals surface area contributed by atoms with Crippen LogP contribution in [-0.4, -0.2) is 45.1 Å². The molecule has 1 aliphatic carbocycles. The number of aryl methyl sites for hydroxylation is 1. The first-order chi connectivity index (χ1) is 12.3. The molecule has 0 unspecified atom stereocenters. The molecule has 2 aromatic rings. The molecule has 0 bridgehead atoms. The first-order valence-electron chi connectivity index (χ1n) is 9.58. The average molecular weight is 374 g/mol. The summed E-state index contributed by atoms with van der Waals surface area (Å²) in [6.45, 7) is 7.54. The molecule has 2 fully saturated rings. The Bertz CT molecular complexity index is 835. The third kappa shape index (κ3) is 3.37. The van der Waals surface area contributed by atoms with Gasteiger partial charge in [-0.15, -0.1) is 11.3 Å². The highest BCUT2D eigenvalue weighted by molar-refractivity contribution is 7.18. The summed E-state index contributed by atoms with van der Waals surface area (Å²) in [4.78, 5) is 26.0. The summed E-state index contributed by atoms with van der Waals surface area (Å²) in [6, 6.07) is 2.15. The Labute approximate surface area is 158 Å². The minimum absolute atomic E-state index is 0.0776. The van der Waals surface area contributed by atoms with Crippen molar-refractivity contribution in [1.82, 2.24) is 14.9 Å². The van der Waals surface area contributed by atoms with E-state index >= 15 is 0 Å². The van der Waals surface area contributed by atoms with Gasteiger partial charge in [-0.3, -0.25) is 4.79 Å². The van der Waals surface area contributed by atoms with Crippen molar-refractivity contribution in [3.8, 4) is 0 Å². The van der Waals surface area contributed by atoms with Gasteiger partial charge in [0.15, 0.2) is 0 Å². The molecule has 2 aliphatic rings. The van der Waals surface area contributed by atoms with Gasteiger partial charge in [0.05, 0.1) is 6.10 Å². The molecule has 1 atom stereocenters. The zero-order chi connectivity index (χ0) is 18.5. The van der Waals surface area contributed by atoms with Crippen LogP contribution >= 0.6 is 11.3 Å². The second kappa shape index (κ2) is 6.57. The maximum Gasteiger partial charge on any atom is 0.273 e. The number of hydrogen-bond donors (Lipinski definition) is 1. The topological polar surface area (TPSA) is 66.3 Å². The monoisotopic (exact) mass is 373 g/mol. The van der Waals surface area contributed by atoms with Crippen molar-refractivity contribution in [2.75, 3.05) is 13.1 Å². The van der Waals surface area contributed by atoms with Crippen molar-refractivity contribution in [2.24, 2.45) is 5.41 Å². The van der Waals surface area contributed by atoms with E-state index < -0.39 is 6.10 Å². The van der Waals surface area contributed by atoms with Crippen LogP contribution in [0.1, 0.15) is 73.1 Å². The lowest BCUT2D eigenvalue weighted by Gasteiger charge is -2.33. The highest BCUT2D eigenvalue weighted by atomic mass is 32.1. The molecule has 0 spiro atoms. The van der Waals surface area contributed by atoms with Crippen molar-refractivity contribution >= 4 is 27.5 Å². The van der Waals surface area contributed by atoms with E-state index in [2.05, 4.69) is 29.9 Å². The van der Waals surface area contributed by atoms with Gasteiger partial charge in [0.25, 0.3) is 5.91 Å². The minimum atomic E-state index is -0.416.